The van der Waals surface area contributed by atoms with E-state index >= 15 is 0 Å². The van der Waals surface area contributed by atoms with Crippen LogP contribution in [0.3, 0.4) is 0 Å². The Morgan fingerprint density at radius 2 is 1.96 bits per heavy atom. The van der Waals surface area contributed by atoms with E-state index in [9.17, 15) is 9.59 Å². The predicted octanol–water partition coefficient (Wildman–Crippen LogP) is 1.74. The SMILES string of the molecule is CCN(C)C(=O)c1cccc(C(=O)N2CCC3CCC(C2)N3)c1. The van der Waals surface area contributed by atoms with Crippen molar-refractivity contribution in [3.05, 3.63) is 35.4 Å². The molecule has 5 heteroatoms. The highest BCUT2D eigenvalue weighted by atomic mass is 16.2. The molecule has 2 amide bonds. The molecule has 0 radical (unpaired) electrons. The molecule has 124 valence electrons. The summed E-state index contributed by atoms with van der Waals surface area (Å²) in [6.07, 6.45) is 3.38. The molecule has 1 aromatic carbocycles. The Morgan fingerprint density at radius 3 is 2.74 bits per heavy atom. The molecule has 2 aliphatic rings. The lowest BCUT2D eigenvalue weighted by molar-refractivity contribution is 0.0748. The van der Waals surface area contributed by atoms with E-state index in [-0.39, 0.29) is 11.8 Å². The molecule has 23 heavy (non-hydrogen) atoms. The number of benzene rings is 1. The number of rotatable bonds is 3. The quantitative estimate of drug-likeness (QED) is 0.924. The van der Waals surface area contributed by atoms with Crippen LogP contribution in [0.5, 0.6) is 0 Å². The van der Waals surface area contributed by atoms with E-state index in [1.807, 2.05) is 17.9 Å². The van der Waals surface area contributed by atoms with Crippen molar-refractivity contribution < 1.29 is 9.59 Å². The van der Waals surface area contributed by atoms with Crippen LogP contribution >= 0.6 is 0 Å². The van der Waals surface area contributed by atoms with Gasteiger partial charge in [0.05, 0.1) is 0 Å². The number of carbonyl (C=O) groups excluding carboxylic acids is 2. The third-order valence-corrected chi connectivity index (χ3v) is 4.99. The minimum absolute atomic E-state index is 0.0353. The van der Waals surface area contributed by atoms with E-state index < -0.39 is 0 Å². The van der Waals surface area contributed by atoms with Gasteiger partial charge in [0.25, 0.3) is 11.8 Å². The smallest absolute Gasteiger partial charge is 0.253 e. The van der Waals surface area contributed by atoms with Gasteiger partial charge in [-0.2, -0.15) is 0 Å². The molecule has 0 saturated carbocycles. The summed E-state index contributed by atoms with van der Waals surface area (Å²) in [6.45, 7) is 4.15. The molecule has 2 bridgehead atoms. The zero-order valence-electron chi connectivity index (χ0n) is 13.9. The number of hydrogen-bond donors (Lipinski definition) is 1. The summed E-state index contributed by atoms with van der Waals surface area (Å²) < 4.78 is 0. The Morgan fingerprint density at radius 1 is 1.22 bits per heavy atom. The van der Waals surface area contributed by atoms with E-state index in [0.717, 1.165) is 25.9 Å². The molecule has 0 aromatic heterocycles. The van der Waals surface area contributed by atoms with Crippen molar-refractivity contribution in [1.29, 1.82) is 0 Å². The lowest BCUT2D eigenvalue weighted by Crippen LogP contribution is -2.39. The zero-order valence-corrected chi connectivity index (χ0v) is 13.9. The van der Waals surface area contributed by atoms with Crippen molar-refractivity contribution in [2.75, 3.05) is 26.7 Å². The molecule has 2 aliphatic heterocycles. The van der Waals surface area contributed by atoms with Gasteiger partial charge in [-0.3, -0.25) is 9.59 Å². The summed E-state index contributed by atoms with van der Waals surface area (Å²) in [6, 6.07) is 8.09. The maximum Gasteiger partial charge on any atom is 0.253 e. The molecule has 2 unspecified atom stereocenters. The number of carbonyl (C=O) groups is 2. The molecule has 3 rings (SSSR count). The third kappa shape index (κ3) is 3.39. The average molecular weight is 315 g/mol. The topological polar surface area (TPSA) is 52.7 Å². The van der Waals surface area contributed by atoms with Crippen molar-refractivity contribution in [2.45, 2.75) is 38.3 Å². The Hall–Kier alpha value is -1.88. The van der Waals surface area contributed by atoms with Gasteiger partial charge in [0.1, 0.15) is 0 Å². The highest BCUT2D eigenvalue weighted by Gasteiger charge is 2.31. The van der Waals surface area contributed by atoms with Crippen LogP contribution in [0, 0.1) is 0 Å². The third-order valence-electron chi connectivity index (χ3n) is 4.99. The summed E-state index contributed by atoms with van der Waals surface area (Å²) in [5.74, 6) is -0.00751. The van der Waals surface area contributed by atoms with Gasteiger partial charge in [-0.05, 0) is 44.4 Å². The van der Waals surface area contributed by atoms with Gasteiger partial charge in [-0.1, -0.05) is 6.07 Å². The summed E-state index contributed by atoms with van der Waals surface area (Å²) in [4.78, 5) is 28.7. The Bertz CT molecular complexity index is 602. The fourth-order valence-electron chi connectivity index (χ4n) is 3.46. The number of fused-ring (bicyclic) bond motifs is 2. The van der Waals surface area contributed by atoms with Crippen LogP contribution in [-0.2, 0) is 0 Å². The largest absolute Gasteiger partial charge is 0.342 e. The van der Waals surface area contributed by atoms with Crippen LogP contribution in [0.25, 0.3) is 0 Å². The number of likely N-dealkylation sites (tertiary alicyclic amines) is 1. The van der Waals surface area contributed by atoms with E-state index in [4.69, 9.17) is 0 Å². The van der Waals surface area contributed by atoms with Crippen LogP contribution in [0.1, 0.15) is 46.9 Å². The van der Waals surface area contributed by atoms with Crippen LogP contribution < -0.4 is 5.32 Å². The van der Waals surface area contributed by atoms with Gasteiger partial charge in [0, 0.05) is 49.9 Å². The van der Waals surface area contributed by atoms with Gasteiger partial charge < -0.3 is 15.1 Å². The molecule has 1 aromatic rings. The maximum atomic E-state index is 12.8. The average Bonchev–Trinajstić information content (AvgIpc) is 2.92. The molecule has 2 fully saturated rings. The normalized spacial score (nSPS) is 23.5. The van der Waals surface area contributed by atoms with Gasteiger partial charge in [0.2, 0.25) is 0 Å². The highest BCUT2D eigenvalue weighted by Crippen LogP contribution is 2.22. The molecule has 2 heterocycles. The summed E-state index contributed by atoms with van der Waals surface area (Å²) >= 11 is 0. The second-order valence-electron chi connectivity index (χ2n) is 6.58. The van der Waals surface area contributed by atoms with Gasteiger partial charge in [-0.15, -0.1) is 0 Å². The number of amides is 2. The van der Waals surface area contributed by atoms with Crippen molar-refractivity contribution in [3.8, 4) is 0 Å². The van der Waals surface area contributed by atoms with Crippen LogP contribution in [0.15, 0.2) is 24.3 Å². The van der Waals surface area contributed by atoms with Crippen LogP contribution in [-0.4, -0.2) is 60.4 Å². The molecule has 2 atom stereocenters. The van der Waals surface area contributed by atoms with Crippen molar-refractivity contribution in [2.24, 2.45) is 0 Å². The molecule has 2 saturated heterocycles. The van der Waals surface area contributed by atoms with Crippen LogP contribution in [0.4, 0.5) is 0 Å². The number of nitrogens with zero attached hydrogens (tertiary/aromatic N) is 2. The summed E-state index contributed by atoms with van der Waals surface area (Å²) in [5, 5.41) is 3.59. The maximum absolute atomic E-state index is 12.8. The molecule has 1 N–H and O–H groups in total. The van der Waals surface area contributed by atoms with E-state index in [0.29, 0.717) is 29.8 Å². The standard InChI is InChI=1S/C18H25N3O2/c1-3-20(2)17(22)13-5-4-6-14(11-13)18(23)21-10-9-15-7-8-16(12-21)19-15/h4-6,11,15-16,19H,3,7-10,12H2,1-2H3. The fraction of sp³-hybridized carbons (Fsp3) is 0.556. The van der Waals surface area contributed by atoms with E-state index in [1.54, 1.807) is 30.1 Å². The highest BCUT2D eigenvalue weighted by molar-refractivity contribution is 5.99. The molecule has 5 nitrogen and oxygen atoms in total. The minimum Gasteiger partial charge on any atom is -0.342 e. The summed E-state index contributed by atoms with van der Waals surface area (Å²) in [5.41, 5.74) is 1.19. The zero-order chi connectivity index (χ0) is 16.4. The lowest BCUT2D eigenvalue weighted by atomic mass is 10.1. The van der Waals surface area contributed by atoms with Crippen molar-refractivity contribution >= 4 is 11.8 Å². The first kappa shape index (κ1) is 16.0. The molecular formula is C18H25N3O2. The van der Waals surface area contributed by atoms with E-state index in [2.05, 4.69) is 5.32 Å². The second-order valence-corrected chi connectivity index (χ2v) is 6.58. The monoisotopic (exact) mass is 315 g/mol. The van der Waals surface area contributed by atoms with Crippen LogP contribution in [0.2, 0.25) is 0 Å². The first-order chi connectivity index (χ1) is 11.1. The van der Waals surface area contributed by atoms with Gasteiger partial charge >= 0.3 is 0 Å². The predicted molar refractivity (Wildman–Crippen MR) is 89.5 cm³/mol. The Kier molecular flexibility index (Phi) is 4.66. The second kappa shape index (κ2) is 6.71. The molecule has 0 aliphatic carbocycles. The first-order valence-corrected chi connectivity index (χ1v) is 8.49. The summed E-state index contributed by atoms with van der Waals surface area (Å²) in [7, 11) is 1.77. The van der Waals surface area contributed by atoms with Crippen molar-refractivity contribution in [3.63, 3.8) is 0 Å². The lowest BCUT2D eigenvalue weighted by Gasteiger charge is -2.24. The molecule has 0 spiro atoms. The molecular weight excluding hydrogens is 290 g/mol. The van der Waals surface area contributed by atoms with Gasteiger partial charge in [0.15, 0.2) is 0 Å². The Balaban J connectivity index is 1.76. The van der Waals surface area contributed by atoms with Gasteiger partial charge in [-0.25, -0.2) is 0 Å². The number of nitrogens with one attached hydrogen (secondary N) is 1. The first-order valence-electron chi connectivity index (χ1n) is 8.49. The fourth-order valence-corrected chi connectivity index (χ4v) is 3.46. The Labute approximate surface area is 137 Å². The minimum atomic E-state index is -0.0428. The van der Waals surface area contributed by atoms with Crippen molar-refractivity contribution in [1.82, 2.24) is 15.1 Å². The number of hydrogen-bond acceptors (Lipinski definition) is 3. The van der Waals surface area contributed by atoms with E-state index in [1.165, 1.54) is 6.42 Å².